The van der Waals surface area contributed by atoms with Gasteiger partial charge in [-0.05, 0) is 49.7 Å². The number of anilines is 1. The van der Waals surface area contributed by atoms with Crippen LogP contribution >= 0.6 is 11.8 Å². The van der Waals surface area contributed by atoms with Gasteiger partial charge in [0.05, 0.1) is 12.2 Å². The third kappa shape index (κ3) is 6.57. The summed E-state index contributed by atoms with van der Waals surface area (Å²) in [7, 11) is 0. The van der Waals surface area contributed by atoms with E-state index in [-0.39, 0.29) is 25.2 Å². The van der Waals surface area contributed by atoms with Crippen LogP contribution in [-0.2, 0) is 4.74 Å². The summed E-state index contributed by atoms with van der Waals surface area (Å²) in [5.41, 5.74) is 4.32. The predicted octanol–water partition coefficient (Wildman–Crippen LogP) is 5.14. The highest BCUT2D eigenvalue weighted by Crippen LogP contribution is 2.37. The predicted molar refractivity (Wildman–Crippen MR) is 140 cm³/mol. The number of ether oxygens (including phenoxy) is 1. The molecule has 0 unspecified atom stereocenters. The first kappa shape index (κ1) is 24.7. The number of piperazine rings is 1. The Hall–Kier alpha value is -3.45. The summed E-state index contributed by atoms with van der Waals surface area (Å²) in [5.74, 6) is -0.173. The highest BCUT2D eigenvalue weighted by atomic mass is 32.2. The average molecular weight is 490 g/mol. The van der Waals surface area contributed by atoms with Crippen LogP contribution < -0.4 is 10.2 Å². The largest absolute Gasteiger partial charge is 0.448 e. The van der Waals surface area contributed by atoms with Crippen LogP contribution in [0.15, 0.2) is 82.6 Å². The molecule has 0 atom stereocenters. The molecule has 35 heavy (non-hydrogen) atoms. The molecule has 3 aromatic rings. The van der Waals surface area contributed by atoms with Gasteiger partial charge in [0, 0.05) is 41.5 Å². The second-order valence-corrected chi connectivity index (χ2v) is 9.63. The van der Waals surface area contributed by atoms with E-state index in [4.69, 9.17) is 4.74 Å². The Morgan fingerprint density at radius 2 is 1.60 bits per heavy atom. The number of hydrogen-bond acceptors (Lipinski definition) is 5. The molecule has 0 aliphatic carbocycles. The number of amides is 2. The van der Waals surface area contributed by atoms with E-state index in [0.717, 1.165) is 13.1 Å². The van der Waals surface area contributed by atoms with Gasteiger partial charge in [-0.15, -0.1) is 0 Å². The Labute approximate surface area is 211 Å². The van der Waals surface area contributed by atoms with E-state index >= 15 is 0 Å². The molecule has 3 aromatic carbocycles. The van der Waals surface area contributed by atoms with Crippen molar-refractivity contribution in [2.75, 3.05) is 44.2 Å². The number of carbonyl (C=O) groups excluding carboxylic acids is 2. The zero-order valence-electron chi connectivity index (χ0n) is 20.2. The van der Waals surface area contributed by atoms with Crippen molar-refractivity contribution in [2.45, 2.75) is 23.6 Å². The van der Waals surface area contributed by atoms with Gasteiger partial charge in [0.15, 0.2) is 0 Å². The third-order valence-electron chi connectivity index (χ3n) is 5.94. The topological polar surface area (TPSA) is 61.9 Å². The second-order valence-electron chi connectivity index (χ2n) is 8.55. The molecule has 0 bridgehead atoms. The SMILES string of the molecule is Cc1ccc(Sc2ccccc2N2CCN(C(=O)OCCNC(=O)c3ccccc3)CC2)c(C)c1. The minimum atomic E-state index is -0.337. The number of aryl methyl sites for hydroxylation is 2. The molecule has 1 fully saturated rings. The monoisotopic (exact) mass is 489 g/mol. The van der Waals surface area contributed by atoms with Crippen molar-refractivity contribution in [3.63, 3.8) is 0 Å². The van der Waals surface area contributed by atoms with Crippen molar-refractivity contribution in [1.29, 1.82) is 0 Å². The molecule has 1 heterocycles. The van der Waals surface area contributed by atoms with Gasteiger partial charge in [0.25, 0.3) is 5.91 Å². The number of carbonyl (C=O) groups is 2. The highest BCUT2D eigenvalue weighted by Gasteiger charge is 2.24. The van der Waals surface area contributed by atoms with E-state index in [1.54, 1.807) is 28.8 Å². The van der Waals surface area contributed by atoms with Crippen molar-refractivity contribution >= 4 is 29.4 Å². The van der Waals surface area contributed by atoms with Crippen LogP contribution in [0.2, 0.25) is 0 Å². The molecule has 1 aliphatic heterocycles. The number of rotatable bonds is 7. The average Bonchev–Trinajstić information content (AvgIpc) is 2.89. The zero-order valence-corrected chi connectivity index (χ0v) is 21.0. The van der Waals surface area contributed by atoms with Gasteiger partial charge >= 0.3 is 6.09 Å². The lowest BCUT2D eigenvalue weighted by atomic mass is 10.2. The van der Waals surface area contributed by atoms with Crippen LogP contribution in [0.1, 0.15) is 21.5 Å². The van der Waals surface area contributed by atoms with Crippen LogP contribution in [0.25, 0.3) is 0 Å². The minimum absolute atomic E-state index is 0.146. The van der Waals surface area contributed by atoms with Gasteiger partial charge in [0.1, 0.15) is 6.61 Å². The Morgan fingerprint density at radius 1 is 0.886 bits per heavy atom. The smallest absolute Gasteiger partial charge is 0.409 e. The molecule has 0 radical (unpaired) electrons. The van der Waals surface area contributed by atoms with E-state index in [1.165, 1.54) is 26.6 Å². The van der Waals surface area contributed by atoms with E-state index in [2.05, 4.69) is 66.5 Å². The van der Waals surface area contributed by atoms with Crippen LogP contribution in [-0.4, -0.2) is 56.2 Å². The molecule has 6 nitrogen and oxygen atoms in total. The lowest BCUT2D eigenvalue weighted by molar-refractivity contribution is 0.0885. The standard InChI is InChI=1S/C28H31N3O3S/c1-21-12-13-25(22(2)20-21)35-26-11-7-6-10-24(26)30-15-17-31(18-16-30)28(33)34-19-14-29-27(32)23-8-4-3-5-9-23/h3-13,20H,14-19H2,1-2H3,(H,29,32). The van der Waals surface area contributed by atoms with Gasteiger partial charge in [-0.25, -0.2) is 4.79 Å². The van der Waals surface area contributed by atoms with Crippen LogP contribution in [0.3, 0.4) is 0 Å². The molecular weight excluding hydrogens is 458 g/mol. The third-order valence-corrected chi connectivity index (χ3v) is 7.19. The molecule has 1 saturated heterocycles. The first-order valence-corrected chi connectivity index (χ1v) is 12.7. The first-order chi connectivity index (χ1) is 17.0. The summed E-state index contributed by atoms with van der Waals surface area (Å²) >= 11 is 1.78. The van der Waals surface area contributed by atoms with Crippen LogP contribution in [0, 0.1) is 13.8 Å². The fourth-order valence-electron chi connectivity index (χ4n) is 4.05. The summed E-state index contributed by atoms with van der Waals surface area (Å²) in [6.45, 7) is 7.36. The lowest BCUT2D eigenvalue weighted by Crippen LogP contribution is -2.49. The maximum atomic E-state index is 12.5. The van der Waals surface area contributed by atoms with Gasteiger partial charge in [0.2, 0.25) is 0 Å². The minimum Gasteiger partial charge on any atom is -0.448 e. The molecule has 1 aliphatic rings. The molecular formula is C28H31N3O3S. The highest BCUT2D eigenvalue weighted by molar-refractivity contribution is 7.99. The maximum absolute atomic E-state index is 12.5. The van der Waals surface area contributed by atoms with Crippen molar-refractivity contribution in [3.8, 4) is 0 Å². The summed E-state index contributed by atoms with van der Waals surface area (Å²) in [6.07, 6.45) is -0.337. The Morgan fingerprint density at radius 3 is 2.34 bits per heavy atom. The lowest BCUT2D eigenvalue weighted by Gasteiger charge is -2.36. The molecule has 0 saturated carbocycles. The molecule has 0 aromatic heterocycles. The van der Waals surface area contributed by atoms with Gasteiger partial charge in [-0.3, -0.25) is 4.79 Å². The fourth-order valence-corrected chi connectivity index (χ4v) is 5.09. The van der Waals surface area contributed by atoms with Crippen molar-refractivity contribution in [2.24, 2.45) is 0 Å². The number of benzene rings is 3. The van der Waals surface area contributed by atoms with Crippen molar-refractivity contribution in [1.82, 2.24) is 10.2 Å². The molecule has 0 spiro atoms. The zero-order chi connectivity index (χ0) is 24.6. The van der Waals surface area contributed by atoms with E-state index < -0.39 is 0 Å². The molecule has 2 amide bonds. The first-order valence-electron chi connectivity index (χ1n) is 11.9. The van der Waals surface area contributed by atoms with Crippen molar-refractivity contribution in [3.05, 3.63) is 89.5 Å². The number of nitrogens with one attached hydrogen (secondary N) is 1. The summed E-state index contributed by atoms with van der Waals surface area (Å²) < 4.78 is 5.38. The summed E-state index contributed by atoms with van der Waals surface area (Å²) in [5, 5.41) is 2.77. The summed E-state index contributed by atoms with van der Waals surface area (Å²) in [6, 6.07) is 24.0. The molecule has 7 heteroatoms. The number of para-hydroxylation sites is 1. The number of nitrogens with zero attached hydrogens (tertiary/aromatic N) is 2. The van der Waals surface area contributed by atoms with Gasteiger partial charge in [-0.2, -0.15) is 0 Å². The maximum Gasteiger partial charge on any atom is 0.409 e. The Kier molecular flexibility index (Phi) is 8.32. The van der Waals surface area contributed by atoms with Gasteiger partial charge < -0.3 is 19.9 Å². The fraction of sp³-hybridized carbons (Fsp3) is 0.286. The van der Waals surface area contributed by atoms with Gasteiger partial charge in [-0.1, -0.05) is 59.8 Å². The Balaban J connectivity index is 1.26. The molecule has 4 rings (SSSR count). The normalized spacial score (nSPS) is 13.4. The van der Waals surface area contributed by atoms with E-state index in [9.17, 15) is 9.59 Å². The molecule has 182 valence electrons. The Bertz CT molecular complexity index is 1160. The molecule has 1 N–H and O–H groups in total. The quantitative estimate of drug-likeness (QED) is 0.466. The van der Waals surface area contributed by atoms with E-state index in [1.807, 2.05) is 18.2 Å². The van der Waals surface area contributed by atoms with Crippen LogP contribution in [0.5, 0.6) is 0 Å². The van der Waals surface area contributed by atoms with Crippen LogP contribution in [0.4, 0.5) is 10.5 Å². The van der Waals surface area contributed by atoms with E-state index in [0.29, 0.717) is 18.7 Å². The van der Waals surface area contributed by atoms with Crippen molar-refractivity contribution < 1.29 is 14.3 Å². The number of hydrogen-bond donors (Lipinski definition) is 1. The second kappa shape index (κ2) is 11.8. The summed E-state index contributed by atoms with van der Waals surface area (Å²) in [4.78, 5) is 31.1.